The van der Waals surface area contributed by atoms with Gasteiger partial charge in [0.15, 0.2) is 0 Å². The van der Waals surface area contributed by atoms with Gasteiger partial charge in [0.05, 0.1) is 19.1 Å². The third-order valence-electron chi connectivity index (χ3n) is 13.0. The van der Waals surface area contributed by atoms with Crippen LogP contribution in [0.25, 0.3) is 0 Å². The number of nitriles is 1. The van der Waals surface area contributed by atoms with Gasteiger partial charge in [-0.15, -0.1) is 0 Å². The van der Waals surface area contributed by atoms with Gasteiger partial charge < -0.3 is 4.74 Å². The standard InChI is InChI=1S/C32H49NO3/c1-19(2)21-10-11-22-23(28(35)36-9)18-32(8)24(27(21)22)12-13-26-30(6,16-17-33)25(14-15-31(26,32)7)29(4,5)20(3)34/h21-27H,1,10-16,18H2,2-9H3/t21-,22?,23?,24?,25?,26?,27?,30-,31+,32+/m0/s1. The summed E-state index contributed by atoms with van der Waals surface area (Å²) in [5.41, 5.74) is 0.573. The summed E-state index contributed by atoms with van der Waals surface area (Å²) in [6.07, 6.45) is 7.85. The van der Waals surface area contributed by atoms with Crippen LogP contribution in [0.5, 0.6) is 0 Å². The first-order valence-corrected chi connectivity index (χ1v) is 14.3. The Morgan fingerprint density at radius 2 is 1.69 bits per heavy atom. The normalized spacial score (nSPS) is 46.0. The predicted octanol–water partition coefficient (Wildman–Crippen LogP) is 7.38. The van der Waals surface area contributed by atoms with Crippen molar-refractivity contribution < 1.29 is 14.3 Å². The molecular formula is C32H49NO3. The molecule has 0 N–H and O–H groups in total. The average molecular weight is 496 g/mol. The lowest BCUT2D eigenvalue weighted by molar-refractivity contribution is -0.227. The number of hydrogen-bond acceptors (Lipinski definition) is 4. The van der Waals surface area contributed by atoms with Gasteiger partial charge in [0, 0.05) is 11.8 Å². The molecule has 6 unspecified atom stereocenters. The molecule has 36 heavy (non-hydrogen) atoms. The van der Waals surface area contributed by atoms with E-state index < -0.39 is 5.41 Å². The summed E-state index contributed by atoms with van der Waals surface area (Å²) >= 11 is 0. The number of hydrogen-bond donors (Lipinski definition) is 0. The molecule has 0 spiro atoms. The van der Waals surface area contributed by atoms with Gasteiger partial charge in [-0.25, -0.2) is 0 Å². The first-order chi connectivity index (χ1) is 16.7. The molecule has 200 valence electrons. The van der Waals surface area contributed by atoms with Gasteiger partial charge in [-0.2, -0.15) is 5.26 Å². The lowest BCUT2D eigenvalue weighted by Crippen LogP contribution is -2.65. The summed E-state index contributed by atoms with van der Waals surface area (Å²) in [5.74, 6) is 2.56. The van der Waals surface area contributed by atoms with E-state index in [2.05, 4.69) is 54.2 Å². The highest BCUT2D eigenvalue weighted by molar-refractivity contribution is 5.82. The van der Waals surface area contributed by atoms with Crippen molar-refractivity contribution in [1.82, 2.24) is 0 Å². The minimum atomic E-state index is -0.451. The van der Waals surface area contributed by atoms with Crippen molar-refractivity contribution in [3.05, 3.63) is 12.2 Å². The third-order valence-corrected chi connectivity index (χ3v) is 13.0. The average Bonchev–Trinajstić information content (AvgIpc) is 3.24. The number of Topliss-reactive ketones (excluding diaryl/α,β-unsaturated/α-hetero) is 1. The molecule has 0 amide bonds. The Labute approximate surface area is 219 Å². The van der Waals surface area contributed by atoms with Crippen molar-refractivity contribution in [2.24, 2.45) is 63.1 Å². The van der Waals surface area contributed by atoms with Crippen LogP contribution in [0, 0.1) is 74.4 Å². The Kier molecular flexibility index (Phi) is 6.84. The molecule has 0 aromatic carbocycles. The van der Waals surface area contributed by atoms with Crippen molar-refractivity contribution in [2.75, 3.05) is 7.11 Å². The highest BCUT2D eigenvalue weighted by Crippen LogP contribution is 2.75. The zero-order valence-electron chi connectivity index (χ0n) is 24.1. The Balaban J connectivity index is 1.83. The van der Waals surface area contributed by atoms with E-state index in [0.29, 0.717) is 36.0 Å². The molecule has 0 radical (unpaired) electrons. The maximum absolute atomic E-state index is 13.2. The SMILES string of the molecule is C=C(C)[C@@H]1CCC2C(C(=O)OC)C[C@]3(C)C(CCC4[C@@](C)(CC#N)C(C(C)(C)C(C)=O)CC[C@]43C)C21. The van der Waals surface area contributed by atoms with E-state index in [1.165, 1.54) is 5.57 Å². The summed E-state index contributed by atoms with van der Waals surface area (Å²) in [5, 5.41) is 10.0. The molecule has 4 fully saturated rings. The number of rotatable bonds is 5. The minimum absolute atomic E-state index is 0.00431. The van der Waals surface area contributed by atoms with Crippen molar-refractivity contribution in [3.8, 4) is 6.07 Å². The second-order valence-electron chi connectivity index (χ2n) is 14.4. The quantitative estimate of drug-likeness (QED) is 0.295. The third kappa shape index (κ3) is 3.58. The smallest absolute Gasteiger partial charge is 0.308 e. The van der Waals surface area contributed by atoms with Crippen LogP contribution < -0.4 is 0 Å². The zero-order valence-corrected chi connectivity index (χ0v) is 24.1. The molecule has 0 aromatic rings. The van der Waals surface area contributed by atoms with Crippen LogP contribution in [0.3, 0.4) is 0 Å². The number of allylic oxidation sites excluding steroid dienone is 1. The Morgan fingerprint density at radius 3 is 2.25 bits per heavy atom. The van der Waals surface area contributed by atoms with E-state index >= 15 is 0 Å². The van der Waals surface area contributed by atoms with Gasteiger partial charge in [-0.1, -0.05) is 46.8 Å². The Hall–Kier alpha value is -1.63. The van der Waals surface area contributed by atoms with Crippen LogP contribution in [0.15, 0.2) is 12.2 Å². The van der Waals surface area contributed by atoms with E-state index in [9.17, 15) is 14.9 Å². The fourth-order valence-corrected chi connectivity index (χ4v) is 10.9. The Morgan fingerprint density at radius 1 is 1.03 bits per heavy atom. The fourth-order valence-electron chi connectivity index (χ4n) is 10.9. The molecule has 4 heteroatoms. The molecule has 4 aliphatic rings. The number of ketones is 1. The topological polar surface area (TPSA) is 67.2 Å². The summed E-state index contributed by atoms with van der Waals surface area (Å²) in [6, 6.07) is 2.55. The molecule has 0 saturated heterocycles. The van der Waals surface area contributed by atoms with Crippen molar-refractivity contribution in [1.29, 1.82) is 5.26 Å². The molecule has 10 atom stereocenters. The first-order valence-electron chi connectivity index (χ1n) is 14.3. The van der Waals surface area contributed by atoms with Crippen LogP contribution in [-0.2, 0) is 14.3 Å². The van der Waals surface area contributed by atoms with Crippen molar-refractivity contribution in [2.45, 2.75) is 99.8 Å². The molecule has 4 saturated carbocycles. The molecule has 0 bridgehead atoms. The number of ether oxygens (including phenoxy) is 1. The number of carbonyl (C=O) groups is 2. The molecule has 4 aliphatic carbocycles. The second kappa shape index (κ2) is 8.99. The van der Waals surface area contributed by atoms with E-state index in [4.69, 9.17) is 4.74 Å². The van der Waals surface area contributed by atoms with Crippen LogP contribution in [0.2, 0.25) is 0 Å². The van der Waals surface area contributed by atoms with Crippen LogP contribution in [-0.4, -0.2) is 18.9 Å². The maximum atomic E-state index is 13.2. The van der Waals surface area contributed by atoms with Gasteiger partial charge in [-0.3, -0.25) is 9.59 Å². The lowest BCUT2D eigenvalue weighted by Gasteiger charge is -2.71. The fraction of sp³-hybridized carbons (Fsp3) is 0.844. The van der Waals surface area contributed by atoms with Crippen molar-refractivity contribution >= 4 is 11.8 Å². The Bertz CT molecular complexity index is 976. The highest BCUT2D eigenvalue weighted by Gasteiger charge is 2.70. The maximum Gasteiger partial charge on any atom is 0.308 e. The molecule has 0 aliphatic heterocycles. The number of fused-ring (bicyclic) bond motifs is 5. The van der Waals surface area contributed by atoms with Gasteiger partial charge in [0.2, 0.25) is 0 Å². The van der Waals surface area contributed by atoms with Gasteiger partial charge in [-0.05, 0) is 111 Å². The molecular weight excluding hydrogens is 446 g/mol. The van der Waals surface area contributed by atoms with Gasteiger partial charge in [0.1, 0.15) is 5.78 Å². The van der Waals surface area contributed by atoms with Gasteiger partial charge >= 0.3 is 5.97 Å². The van der Waals surface area contributed by atoms with E-state index in [-0.39, 0.29) is 39.8 Å². The summed E-state index contributed by atoms with van der Waals surface area (Å²) in [4.78, 5) is 26.1. The van der Waals surface area contributed by atoms with E-state index in [1.807, 2.05) is 0 Å². The molecule has 4 rings (SSSR count). The monoisotopic (exact) mass is 495 g/mol. The van der Waals surface area contributed by atoms with Gasteiger partial charge in [0.25, 0.3) is 0 Å². The summed E-state index contributed by atoms with van der Waals surface area (Å²) < 4.78 is 5.41. The molecule has 0 aromatic heterocycles. The molecule has 4 nitrogen and oxygen atoms in total. The largest absolute Gasteiger partial charge is 0.469 e. The highest BCUT2D eigenvalue weighted by atomic mass is 16.5. The number of esters is 1. The number of carbonyl (C=O) groups excluding carboxylic acids is 2. The summed E-state index contributed by atoms with van der Waals surface area (Å²) in [6.45, 7) is 19.8. The summed E-state index contributed by atoms with van der Waals surface area (Å²) in [7, 11) is 1.54. The number of nitrogens with zero attached hydrogens (tertiary/aromatic N) is 1. The lowest BCUT2D eigenvalue weighted by atomic mass is 9.33. The molecule has 0 heterocycles. The zero-order chi connectivity index (χ0) is 26.8. The first kappa shape index (κ1) is 27.4. The van der Waals surface area contributed by atoms with E-state index in [0.717, 1.165) is 44.9 Å². The minimum Gasteiger partial charge on any atom is -0.469 e. The van der Waals surface area contributed by atoms with Crippen LogP contribution >= 0.6 is 0 Å². The predicted molar refractivity (Wildman–Crippen MR) is 143 cm³/mol. The van der Waals surface area contributed by atoms with Crippen LogP contribution in [0.4, 0.5) is 0 Å². The van der Waals surface area contributed by atoms with Crippen LogP contribution in [0.1, 0.15) is 99.8 Å². The number of methoxy groups -OCH3 is 1. The van der Waals surface area contributed by atoms with Crippen molar-refractivity contribution in [3.63, 3.8) is 0 Å². The van der Waals surface area contributed by atoms with E-state index in [1.54, 1.807) is 14.0 Å². The second-order valence-corrected chi connectivity index (χ2v) is 14.4.